The number of nitrogens with one attached hydrogen (secondary N) is 1. The predicted octanol–water partition coefficient (Wildman–Crippen LogP) is 0.690. The number of hydrogen-bond acceptors (Lipinski definition) is 4. The maximum atomic E-state index is 12.5. The van der Waals surface area contributed by atoms with Crippen molar-refractivity contribution < 1.29 is 9.59 Å². The first-order chi connectivity index (χ1) is 11.8. The highest BCUT2D eigenvalue weighted by molar-refractivity contribution is 7.80. The van der Waals surface area contributed by atoms with Crippen LogP contribution in [-0.2, 0) is 23.7 Å². The zero-order valence-corrected chi connectivity index (χ0v) is 14.6. The molecular formula is C17H16N4O3S. The number of benzene rings is 1. The number of nitrogens with zero attached hydrogens (tertiary/aromatic N) is 3. The summed E-state index contributed by atoms with van der Waals surface area (Å²) in [6.45, 7) is 3.80. The molecule has 8 heteroatoms. The van der Waals surface area contributed by atoms with Gasteiger partial charge < -0.3 is 0 Å². The van der Waals surface area contributed by atoms with E-state index in [1.54, 1.807) is 32.3 Å². The second-order valence-corrected chi connectivity index (χ2v) is 6.06. The van der Waals surface area contributed by atoms with Gasteiger partial charge in [0.25, 0.3) is 11.8 Å². The minimum atomic E-state index is -0.544. The number of thiocarbonyl (C=S) groups is 1. The van der Waals surface area contributed by atoms with E-state index >= 15 is 0 Å². The molecule has 3 rings (SSSR count). The third kappa shape index (κ3) is 2.70. The van der Waals surface area contributed by atoms with E-state index in [2.05, 4.69) is 11.9 Å². The van der Waals surface area contributed by atoms with Crippen LogP contribution >= 0.6 is 12.2 Å². The number of imidazole rings is 1. The maximum Gasteiger partial charge on any atom is 0.328 e. The third-order valence-electron chi connectivity index (χ3n) is 4.10. The molecule has 7 nitrogen and oxygen atoms in total. The summed E-state index contributed by atoms with van der Waals surface area (Å²) in [7, 11) is 3.36. The fraction of sp³-hybridized carbons (Fsp3) is 0.176. The molecule has 128 valence electrons. The summed E-state index contributed by atoms with van der Waals surface area (Å²) in [5.74, 6) is -1.02. The molecule has 1 aliphatic rings. The first kappa shape index (κ1) is 16.8. The Morgan fingerprint density at radius 2 is 1.84 bits per heavy atom. The van der Waals surface area contributed by atoms with Crippen LogP contribution in [-0.4, -0.2) is 37.5 Å². The van der Waals surface area contributed by atoms with Gasteiger partial charge in [-0.15, -0.1) is 6.58 Å². The Morgan fingerprint density at radius 1 is 1.16 bits per heavy atom. The maximum absolute atomic E-state index is 12.5. The Labute approximate surface area is 148 Å². The van der Waals surface area contributed by atoms with Crippen LogP contribution < -0.4 is 11.0 Å². The summed E-state index contributed by atoms with van der Waals surface area (Å²) in [5.41, 5.74) is 1.95. The molecule has 2 aromatic rings. The van der Waals surface area contributed by atoms with E-state index in [0.717, 1.165) is 5.52 Å². The summed E-state index contributed by atoms with van der Waals surface area (Å²) >= 11 is 5.02. The molecular weight excluding hydrogens is 340 g/mol. The van der Waals surface area contributed by atoms with Crippen LogP contribution in [0.5, 0.6) is 0 Å². The van der Waals surface area contributed by atoms with Gasteiger partial charge in [-0.25, -0.2) is 4.79 Å². The number of hydrogen-bond donors (Lipinski definition) is 1. The molecule has 25 heavy (non-hydrogen) atoms. The predicted molar refractivity (Wildman–Crippen MR) is 98.8 cm³/mol. The van der Waals surface area contributed by atoms with Crippen molar-refractivity contribution in [3.8, 4) is 0 Å². The van der Waals surface area contributed by atoms with Gasteiger partial charge in [0.1, 0.15) is 5.57 Å². The van der Waals surface area contributed by atoms with Crippen molar-refractivity contribution in [2.75, 3.05) is 6.54 Å². The van der Waals surface area contributed by atoms with Crippen molar-refractivity contribution in [2.45, 2.75) is 0 Å². The fourth-order valence-corrected chi connectivity index (χ4v) is 3.02. The number of amides is 2. The van der Waals surface area contributed by atoms with E-state index in [1.807, 2.05) is 0 Å². The molecule has 0 saturated carbocycles. The normalized spacial score (nSPS) is 16.6. The molecule has 2 heterocycles. The van der Waals surface area contributed by atoms with Gasteiger partial charge in [0.05, 0.1) is 11.0 Å². The van der Waals surface area contributed by atoms with E-state index in [9.17, 15) is 14.4 Å². The highest BCUT2D eigenvalue weighted by Crippen LogP contribution is 2.19. The van der Waals surface area contributed by atoms with Crippen LogP contribution in [0.15, 0.2) is 41.2 Å². The standard InChI is InChI=1S/C17H16N4O3S/c1-4-7-21-15(23)11(14(22)18-16(21)25)8-10-5-6-12-13(9-10)20(3)17(24)19(12)2/h4-6,8-9H,1,7H2,2-3H3,(H,18,22,25). The Morgan fingerprint density at radius 3 is 2.52 bits per heavy atom. The van der Waals surface area contributed by atoms with Gasteiger partial charge in [0, 0.05) is 20.6 Å². The van der Waals surface area contributed by atoms with Crippen molar-refractivity contribution in [1.82, 2.24) is 19.4 Å². The second-order valence-electron chi connectivity index (χ2n) is 5.67. The minimum absolute atomic E-state index is 0.0178. The molecule has 2 amide bonds. The molecule has 0 aliphatic carbocycles. The Kier molecular flexibility index (Phi) is 4.13. The smallest absolute Gasteiger partial charge is 0.298 e. The van der Waals surface area contributed by atoms with Crippen LogP contribution in [0.25, 0.3) is 17.1 Å². The largest absolute Gasteiger partial charge is 0.328 e. The van der Waals surface area contributed by atoms with Gasteiger partial charge in [-0.3, -0.25) is 28.9 Å². The van der Waals surface area contributed by atoms with E-state index in [0.29, 0.717) is 11.1 Å². The number of rotatable bonds is 3. The van der Waals surface area contributed by atoms with Gasteiger partial charge in [-0.2, -0.15) is 0 Å². The van der Waals surface area contributed by atoms with Crippen LogP contribution in [0.4, 0.5) is 0 Å². The summed E-state index contributed by atoms with van der Waals surface area (Å²) in [6.07, 6.45) is 3.03. The minimum Gasteiger partial charge on any atom is -0.298 e. The Balaban J connectivity index is 2.08. The molecule has 1 saturated heterocycles. The fourth-order valence-electron chi connectivity index (χ4n) is 2.77. The van der Waals surface area contributed by atoms with Gasteiger partial charge in [-0.05, 0) is 36.0 Å². The third-order valence-corrected chi connectivity index (χ3v) is 4.43. The average Bonchev–Trinajstić information content (AvgIpc) is 2.80. The van der Waals surface area contributed by atoms with Gasteiger partial charge >= 0.3 is 5.69 Å². The van der Waals surface area contributed by atoms with Crippen molar-refractivity contribution in [3.63, 3.8) is 0 Å². The summed E-state index contributed by atoms with van der Waals surface area (Å²) in [4.78, 5) is 38.0. The lowest BCUT2D eigenvalue weighted by Crippen LogP contribution is -2.53. The first-order valence-electron chi connectivity index (χ1n) is 7.50. The lowest BCUT2D eigenvalue weighted by atomic mass is 10.1. The van der Waals surface area contributed by atoms with Gasteiger partial charge in [0.2, 0.25) is 0 Å². The highest BCUT2D eigenvalue weighted by Gasteiger charge is 2.32. The Hall–Kier alpha value is -3.00. The number of aromatic nitrogens is 2. The van der Waals surface area contributed by atoms with Crippen molar-refractivity contribution >= 4 is 46.3 Å². The quantitative estimate of drug-likeness (QED) is 0.380. The SMILES string of the molecule is C=CCN1C(=O)C(=Cc2ccc3c(c2)n(C)c(=O)n3C)C(=O)NC1=S. The monoisotopic (exact) mass is 356 g/mol. The lowest BCUT2D eigenvalue weighted by Gasteiger charge is -2.27. The summed E-state index contributed by atoms with van der Waals surface area (Å²) in [6, 6.07) is 5.29. The van der Waals surface area contributed by atoms with E-state index < -0.39 is 11.8 Å². The van der Waals surface area contributed by atoms with Crippen LogP contribution in [0.3, 0.4) is 0 Å². The zero-order chi connectivity index (χ0) is 18.3. The second kappa shape index (κ2) is 6.14. The summed E-state index contributed by atoms with van der Waals surface area (Å²) in [5, 5.41) is 2.56. The molecule has 0 radical (unpaired) electrons. The Bertz CT molecular complexity index is 1030. The number of aryl methyl sites for hydroxylation is 2. The molecule has 0 unspecified atom stereocenters. The molecule has 1 N–H and O–H groups in total. The molecule has 1 aromatic heterocycles. The van der Waals surface area contributed by atoms with Gasteiger partial charge in [-0.1, -0.05) is 12.1 Å². The van der Waals surface area contributed by atoms with Crippen LogP contribution in [0, 0.1) is 0 Å². The van der Waals surface area contributed by atoms with Gasteiger partial charge in [0.15, 0.2) is 5.11 Å². The molecule has 0 bridgehead atoms. The molecule has 0 spiro atoms. The zero-order valence-electron chi connectivity index (χ0n) is 13.8. The lowest BCUT2D eigenvalue weighted by molar-refractivity contribution is -0.128. The van der Waals surface area contributed by atoms with E-state index in [1.165, 1.54) is 26.2 Å². The van der Waals surface area contributed by atoms with Crippen LogP contribution in [0.2, 0.25) is 0 Å². The van der Waals surface area contributed by atoms with E-state index in [-0.39, 0.29) is 22.9 Å². The molecule has 1 aliphatic heterocycles. The number of fused-ring (bicyclic) bond motifs is 1. The topological polar surface area (TPSA) is 76.3 Å². The highest BCUT2D eigenvalue weighted by atomic mass is 32.1. The number of carbonyl (C=O) groups is 2. The molecule has 1 fully saturated rings. The van der Waals surface area contributed by atoms with Crippen molar-refractivity contribution in [1.29, 1.82) is 0 Å². The molecule has 0 atom stereocenters. The van der Waals surface area contributed by atoms with Crippen LogP contribution in [0.1, 0.15) is 5.56 Å². The molecule has 1 aromatic carbocycles. The average molecular weight is 356 g/mol. The van der Waals surface area contributed by atoms with Crippen molar-refractivity contribution in [3.05, 3.63) is 52.5 Å². The summed E-state index contributed by atoms with van der Waals surface area (Å²) < 4.78 is 3.05. The van der Waals surface area contributed by atoms with E-state index in [4.69, 9.17) is 12.2 Å². The number of carbonyl (C=O) groups excluding carboxylic acids is 2. The van der Waals surface area contributed by atoms with Crippen molar-refractivity contribution in [2.24, 2.45) is 14.1 Å². The first-order valence-corrected chi connectivity index (χ1v) is 7.91.